The summed E-state index contributed by atoms with van der Waals surface area (Å²) in [7, 11) is 0. The number of nitrogens with one attached hydrogen (secondary N) is 2. The summed E-state index contributed by atoms with van der Waals surface area (Å²) in [5.41, 5.74) is 3.34. The number of amides is 2. The fourth-order valence-corrected chi connectivity index (χ4v) is 3.66. The zero-order valence-corrected chi connectivity index (χ0v) is 16.6. The van der Waals surface area contributed by atoms with Crippen molar-refractivity contribution in [3.63, 3.8) is 0 Å². The zero-order chi connectivity index (χ0) is 19.2. The average molecular weight is 398 g/mol. The third-order valence-electron chi connectivity index (χ3n) is 3.66. The van der Waals surface area contributed by atoms with Crippen LogP contribution in [0.2, 0.25) is 0 Å². The Morgan fingerprint density at radius 3 is 2.33 bits per heavy atom. The number of thioether (sulfide) groups is 1. The maximum Gasteiger partial charge on any atom is 0.255 e. The summed E-state index contributed by atoms with van der Waals surface area (Å²) < 4.78 is 0. The number of rotatable bonds is 6. The van der Waals surface area contributed by atoms with E-state index in [1.54, 1.807) is 12.1 Å². The number of carbonyl (C=O) groups excluding carboxylic acids is 2. The quantitative estimate of drug-likeness (QED) is 0.589. The van der Waals surface area contributed by atoms with Crippen LogP contribution < -0.4 is 10.6 Å². The fraction of sp³-hybridized carbons (Fsp3) is 0.150. The number of nitrogens with zero attached hydrogens (tertiary/aromatic N) is 1. The highest BCUT2D eigenvalue weighted by Gasteiger charge is 2.08. The lowest BCUT2D eigenvalue weighted by atomic mass is 10.1. The van der Waals surface area contributed by atoms with Gasteiger partial charge in [-0.15, -0.1) is 23.1 Å². The van der Waals surface area contributed by atoms with Crippen LogP contribution in [0.3, 0.4) is 0 Å². The van der Waals surface area contributed by atoms with E-state index in [0.29, 0.717) is 22.1 Å². The Balaban J connectivity index is 1.50. The molecular formula is C20H19N3O2S2. The molecule has 1 heterocycles. The number of hydrogen-bond donors (Lipinski definition) is 2. The first-order chi connectivity index (χ1) is 13.0. The van der Waals surface area contributed by atoms with Gasteiger partial charge in [0.25, 0.3) is 5.91 Å². The monoisotopic (exact) mass is 397 g/mol. The van der Waals surface area contributed by atoms with Crippen molar-refractivity contribution in [1.82, 2.24) is 4.98 Å². The number of anilines is 2. The largest absolute Gasteiger partial charge is 0.322 e. The number of aromatic nitrogens is 1. The molecule has 0 aliphatic carbocycles. The molecule has 5 nitrogen and oxygen atoms in total. The summed E-state index contributed by atoms with van der Waals surface area (Å²) in [6.07, 6.45) is 0. The number of benzene rings is 2. The number of carbonyl (C=O) groups is 2. The van der Waals surface area contributed by atoms with E-state index in [-0.39, 0.29) is 11.8 Å². The van der Waals surface area contributed by atoms with Crippen LogP contribution in [0.15, 0.2) is 58.8 Å². The van der Waals surface area contributed by atoms with Crippen molar-refractivity contribution in [1.29, 1.82) is 0 Å². The Labute approximate surface area is 166 Å². The topological polar surface area (TPSA) is 71.1 Å². The molecule has 3 aromatic rings. The van der Waals surface area contributed by atoms with Crippen molar-refractivity contribution in [2.45, 2.75) is 18.7 Å². The van der Waals surface area contributed by atoms with Gasteiger partial charge in [-0.3, -0.25) is 9.59 Å². The third-order valence-corrected chi connectivity index (χ3v) is 5.55. The smallest absolute Gasteiger partial charge is 0.255 e. The highest BCUT2D eigenvalue weighted by atomic mass is 32.2. The summed E-state index contributed by atoms with van der Waals surface area (Å²) in [4.78, 5) is 29.4. The molecule has 0 spiro atoms. The van der Waals surface area contributed by atoms with Gasteiger partial charge in [-0.25, -0.2) is 4.98 Å². The molecule has 0 aliphatic heterocycles. The molecule has 2 aromatic carbocycles. The zero-order valence-electron chi connectivity index (χ0n) is 15.0. The van der Waals surface area contributed by atoms with Crippen molar-refractivity contribution in [3.8, 4) is 0 Å². The van der Waals surface area contributed by atoms with Crippen LogP contribution in [0, 0.1) is 13.8 Å². The highest BCUT2D eigenvalue weighted by Crippen LogP contribution is 2.22. The van der Waals surface area contributed by atoms with Crippen molar-refractivity contribution < 1.29 is 9.59 Å². The van der Waals surface area contributed by atoms with Gasteiger partial charge in [0.05, 0.1) is 11.4 Å². The van der Waals surface area contributed by atoms with Gasteiger partial charge in [0, 0.05) is 21.5 Å². The lowest BCUT2D eigenvalue weighted by Crippen LogP contribution is -2.13. The predicted octanol–water partition coefficient (Wildman–Crippen LogP) is 4.74. The first-order valence-corrected chi connectivity index (χ1v) is 10.2. The maximum atomic E-state index is 12.2. The van der Waals surface area contributed by atoms with Gasteiger partial charge in [0.2, 0.25) is 5.91 Å². The molecule has 0 radical (unpaired) electrons. The van der Waals surface area contributed by atoms with E-state index in [1.165, 1.54) is 23.1 Å². The molecule has 0 saturated carbocycles. The molecule has 1 aromatic heterocycles. The van der Waals surface area contributed by atoms with E-state index in [1.807, 2.05) is 55.6 Å². The Hall–Kier alpha value is -2.64. The van der Waals surface area contributed by atoms with Gasteiger partial charge in [0.15, 0.2) is 5.13 Å². The second kappa shape index (κ2) is 8.83. The maximum absolute atomic E-state index is 12.2. The summed E-state index contributed by atoms with van der Waals surface area (Å²) in [5.74, 6) is 0.0628. The van der Waals surface area contributed by atoms with Crippen LogP contribution in [0.25, 0.3) is 0 Å². The molecule has 2 N–H and O–H groups in total. The van der Waals surface area contributed by atoms with Crippen LogP contribution in [-0.4, -0.2) is 22.6 Å². The Morgan fingerprint density at radius 2 is 1.70 bits per heavy atom. The lowest BCUT2D eigenvalue weighted by Gasteiger charge is -2.07. The summed E-state index contributed by atoms with van der Waals surface area (Å²) in [5, 5.41) is 8.17. The second-order valence-electron chi connectivity index (χ2n) is 5.98. The standard InChI is InChI=1S/C20H19N3O2S2/c1-13-3-5-15(6-4-13)19(25)22-16-7-9-17(10-8-16)26-12-18(24)23-20-21-14(2)11-27-20/h3-11H,12H2,1-2H3,(H,22,25)(H,21,23,24). The summed E-state index contributed by atoms with van der Waals surface area (Å²) in [6.45, 7) is 3.87. The molecule has 0 atom stereocenters. The first-order valence-electron chi connectivity index (χ1n) is 8.32. The molecule has 0 aliphatic rings. The molecule has 27 heavy (non-hydrogen) atoms. The van der Waals surface area contributed by atoms with E-state index in [0.717, 1.165) is 16.2 Å². The number of aryl methyl sites for hydroxylation is 2. The minimum absolute atomic E-state index is 0.0916. The Morgan fingerprint density at radius 1 is 1.00 bits per heavy atom. The van der Waals surface area contributed by atoms with Gasteiger partial charge in [-0.1, -0.05) is 17.7 Å². The molecule has 138 valence electrons. The van der Waals surface area contributed by atoms with E-state index in [2.05, 4.69) is 15.6 Å². The van der Waals surface area contributed by atoms with Crippen LogP contribution in [0.1, 0.15) is 21.6 Å². The average Bonchev–Trinajstić information content (AvgIpc) is 3.06. The molecule has 0 bridgehead atoms. The minimum atomic E-state index is -0.145. The van der Waals surface area contributed by atoms with Gasteiger partial charge >= 0.3 is 0 Å². The SMILES string of the molecule is Cc1ccc(C(=O)Nc2ccc(SCC(=O)Nc3nc(C)cs3)cc2)cc1. The van der Waals surface area contributed by atoms with Crippen molar-refractivity contribution >= 4 is 45.7 Å². The lowest BCUT2D eigenvalue weighted by molar-refractivity contribution is -0.113. The number of thiazole rings is 1. The van der Waals surface area contributed by atoms with Crippen LogP contribution in [0.4, 0.5) is 10.8 Å². The Bertz CT molecular complexity index is 935. The third kappa shape index (κ3) is 5.67. The number of hydrogen-bond acceptors (Lipinski definition) is 5. The Kier molecular flexibility index (Phi) is 6.26. The molecule has 7 heteroatoms. The fourth-order valence-electron chi connectivity index (χ4n) is 2.26. The van der Waals surface area contributed by atoms with Gasteiger partial charge in [0.1, 0.15) is 0 Å². The molecule has 0 saturated heterocycles. The predicted molar refractivity (Wildman–Crippen MR) is 112 cm³/mol. The molecule has 3 rings (SSSR count). The van der Waals surface area contributed by atoms with Crippen molar-refractivity contribution in [3.05, 3.63) is 70.7 Å². The van der Waals surface area contributed by atoms with Crippen LogP contribution in [0.5, 0.6) is 0 Å². The molecule has 0 unspecified atom stereocenters. The van der Waals surface area contributed by atoms with Gasteiger partial charge < -0.3 is 10.6 Å². The van der Waals surface area contributed by atoms with E-state index in [9.17, 15) is 9.59 Å². The van der Waals surface area contributed by atoms with Crippen LogP contribution in [-0.2, 0) is 4.79 Å². The van der Waals surface area contributed by atoms with E-state index < -0.39 is 0 Å². The van der Waals surface area contributed by atoms with E-state index >= 15 is 0 Å². The van der Waals surface area contributed by atoms with Crippen LogP contribution >= 0.6 is 23.1 Å². The summed E-state index contributed by atoms with van der Waals surface area (Å²) >= 11 is 2.85. The van der Waals surface area contributed by atoms with Crippen molar-refractivity contribution in [2.24, 2.45) is 0 Å². The van der Waals surface area contributed by atoms with Gasteiger partial charge in [-0.2, -0.15) is 0 Å². The van der Waals surface area contributed by atoms with Crippen molar-refractivity contribution in [2.75, 3.05) is 16.4 Å². The second-order valence-corrected chi connectivity index (χ2v) is 7.88. The minimum Gasteiger partial charge on any atom is -0.322 e. The molecular weight excluding hydrogens is 378 g/mol. The van der Waals surface area contributed by atoms with Gasteiger partial charge in [-0.05, 0) is 50.2 Å². The molecule has 0 fully saturated rings. The first kappa shape index (κ1) is 19.1. The molecule has 2 amide bonds. The highest BCUT2D eigenvalue weighted by molar-refractivity contribution is 8.00. The summed E-state index contributed by atoms with van der Waals surface area (Å²) in [6, 6.07) is 14.9. The normalized spacial score (nSPS) is 10.4. The van der Waals surface area contributed by atoms with E-state index in [4.69, 9.17) is 0 Å².